The van der Waals surface area contributed by atoms with Gasteiger partial charge >= 0.3 is 0 Å². The number of rotatable bonds is 5. The van der Waals surface area contributed by atoms with Crippen LogP contribution >= 0.6 is 11.8 Å². The highest BCUT2D eigenvalue weighted by atomic mass is 32.2. The fourth-order valence-electron chi connectivity index (χ4n) is 3.81. The van der Waals surface area contributed by atoms with Crippen LogP contribution in [-0.4, -0.2) is 33.3 Å². The fraction of sp³-hybridized carbons (Fsp3) is 0.167. The van der Waals surface area contributed by atoms with Gasteiger partial charge in [0.25, 0.3) is 0 Å². The summed E-state index contributed by atoms with van der Waals surface area (Å²) in [7, 11) is 1.84. The summed E-state index contributed by atoms with van der Waals surface area (Å²) in [6.45, 7) is 4.45. The van der Waals surface area contributed by atoms with Gasteiger partial charge in [-0.3, -0.25) is 0 Å². The van der Waals surface area contributed by atoms with Crippen molar-refractivity contribution in [2.75, 3.05) is 28.5 Å². The average molecular weight is 450 g/mol. The van der Waals surface area contributed by atoms with Crippen molar-refractivity contribution in [1.82, 2.24) is 14.6 Å². The Labute approximate surface area is 189 Å². The molecule has 2 aromatic carbocycles. The van der Waals surface area contributed by atoms with E-state index in [2.05, 4.69) is 40.7 Å². The molecule has 5 rings (SSSR count). The van der Waals surface area contributed by atoms with E-state index >= 15 is 0 Å². The van der Waals surface area contributed by atoms with E-state index in [4.69, 9.17) is 5.10 Å². The molecule has 0 aliphatic carbocycles. The number of anilines is 2. The normalized spacial score (nSPS) is 13.8. The average Bonchev–Trinajstić information content (AvgIpc) is 3.38. The van der Waals surface area contributed by atoms with Gasteiger partial charge in [-0.25, -0.2) is 18.3 Å². The van der Waals surface area contributed by atoms with Crippen molar-refractivity contribution in [2.24, 2.45) is 0 Å². The highest BCUT2D eigenvalue weighted by Gasteiger charge is 2.17. The fourth-order valence-corrected chi connectivity index (χ4v) is 4.81. The zero-order chi connectivity index (χ0) is 22.2. The number of imidazole rings is 1. The number of aromatic nitrogens is 3. The summed E-state index contributed by atoms with van der Waals surface area (Å²) in [5.41, 5.74) is 5.36. The monoisotopic (exact) mass is 449 g/mol. The van der Waals surface area contributed by atoms with Gasteiger partial charge in [0, 0.05) is 42.4 Å². The first kappa shape index (κ1) is 20.5. The van der Waals surface area contributed by atoms with Gasteiger partial charge in [0.2, 0.25) is 0 Å². The van der Waals surface area contributed by atoms with Crippen LogP contribution in [0, 0.1) is 11.6 Å². The highest BCUT2D eigenvalue weighted by molar-refractivity contribution is 7.99. The Balaban J connectivity index is 1.43. The van der Waals surface area contributed by atoms with Crippen LogP contribution < -0.4 is 9.80 Å². The molecule has 2 aromatic heterocycles. The third-order valence-corrected chi connectivity index (χ3v) is 6.41. The third kappa shape index (κ3) is 3.93. The van der Waals surface area contributed by atoms with Crippen molar-refractivity contribution in [1.29, 1.82) is 0 Å². The molecule has 0 N–H and O–H groups in total. The van der Waals surface area contributed by atoms with Crippen molar-refractivity contribution in [3.8, 4) is 11.3 Å². The molecule has 1 saturated heterocycles. The molecule has 0 bridgehead atoms. The lowest BCUT2D eigenvalue weighted by molar-refractivity contribution is 0.579. The zero-order valence-corrected chi connectivity index (χ0v) is 18.3. The van der Waals surface area contributed by atoms with Crippen LogP contribution in [-0.2, 0) is 6.54 Å². The predicted molar refractivity (Wildman–Crippen MR) is 126 cm³/mol. The minimum absolute atomic E-state index is 0.323. The maximum atomic E-state index is 13.5. The second-order valence-electron chi connectivity index (χ2n) is 7.76. The topological polar surface area (TPSA) is 36.7 Å². The molecule has 8 heteroatoms. The SMILES string of the molecule is C=C1CSCN1c1ccc(-c2cnc3ccc(N(C)Cc4cc(F)cc(F)c4)nn23)cc1. The second kappa shape index (κ2) is 8.27. The number of halogens is 2. The van der Waals surface area contributed by atoms with Gasteiger partial charge in [-0.1, -0.05) is 18.7 Å². The van der Waals surface area contributed by atoms with Crippen molar-refractivity contribution in [3.05, 3.63) is 90.3 Å². The van der Waals surface area contributed by atoms with Crippen LogP contribution in [0.4, 0.5) is 20.3 Å². The van der Waals surface area contributed by atoms with Gasteiger partial charge in [0.05, 0.1) is 17.8 Å². The summed E-state index contributed by atoms with van der Waals surface area (Å²) in [5, 5.41) is 4.73. The quantitative estimate of drug-likeness (QED) is 0.411. The number of hydrogen-bond donors (Lipinski definition) is 0. The van der Waals surface area contributed by atoms with Gasteiger partial charge < -0.3 is 9.80 Å². The van der Waals surface area contributed by atoms with Crippen molar-refractivity contribution < 1.29 is 8.78 Å². The van der Waals surface area contributed by atoms with Crippen LogP contribution in [0.3, 0.4) is 0 Å². The predicted octanol–water partition coefficient (Wildman–Crippen LogP) is 5.34. The summed E-state index contributed by atoms with van der Waals surface area (Å²) < 4.78 is 28.9. The Morgan fingerprint density at radius 1 is 1.06 bits per heavy atom. The molecule has 0 spiro atoms. The molecule has 0 unspecified atom stereocenters. The van der Waals surface area contributed by atoms with E-state index in [1.54, 1.807) is 10.7 Å². The summed E-state index contributed by atoms with van der Waals surface area (Å²) in [6.07, 6.45) is 1.80. The Morgan fingerprint density at radius 2 is 1.81 bits per heavy atom. The lowest BCUT2D eigenvalue weighted by Gasteiger charge is -2.19. The molecule has 1 aliphatic rings. The van der Waals surface area contributed by atoms with E-state index in [1.807, 2.05) is 35.8 Å². The molecule has 0 radical (unpaired) electrons. The van der Waals surface area contributed by atoms with E-state index < -0.39 is 11.6 Å². The van der Waals surface area contributed by atoms with Crippen molar-refractivity contribution in [3.63, 3.8) is 0 Å². The van der Waals surface area contributed by atoms with Crippen LogP contribution in [0.5, 0.6) is 0 Å². The Kier molecular flexibility index (Phi) is 5.30. The first-order valence-electron chi connectivity index (χ1n) is 10.1. The number of fused-ring (bicyclic) bond motifs is 1. The van der Waals surface area contributed by atoms with Crippen LogP contribution in [0.25, 0.3) is 16.9 Å². The van der Waals surface area contributed by atoms with Gasteiger partial charge in [0.15, 0.2) is 5.65 Å². The lowest BCUT2D eigenvalue weighted by atomic mass is 10.1. The molecule has 1 fully saturated rings. The first-order chi connectivity index (χ1) is 15.5. The van der Waals surface area contributed by atoms with E-state index in [-0.39, 0.29) is 0 Å². The van der Waals surface area contributed by atoms with Crippen molar-refractivity contribution in [2.45, 2.75) is 6.54 Å². The lowest BCUT2D eigenvalue weighted by Crippen LogP contribution is -2.19. The molecule has 0 atom stereocenters. The second-order valence-corrected chi connectivity index (χ2v) is 8.71. The molecular formula is C24H21F2N5S. The molecular weight excluding hydrogens is 428 g/mol. The Morgan fingerprint density at radius 3 is 2.50 bits per heavy atom. The first-order valence-corrected chi connectivity index (χ1v) is 11.3. The zero-order valence-electron chi connectivity index (χ0n) is 17.5. The largest absolute Gasteiger partial charge is 0.354 e. The summed E-state index contributed by atoms with van der Waals surface area (Å²) in [6, 6.07) is 15.5. The van der Waals surface area contributed by atoms with Crippen LogP contribution in [0.1, 0.15) is 5.56 Å². The standard InChI is InChI=1S/C24H21F2N5S/c1-16-14-32-15-30(16)21-5-3-18(4-6-21)22-12-27-23-7-8-24(28-31(22)23)29(2)13-17-9-19(25)11-20(26)10-17/h3-12H,1,13-15H2,2H3. The van der Waals surface area contributed by atoms with E-state index in [1.165, 1.54) is 12.1 Å². The summed E-state index contributed by atoms with van der Waals surface area (Å²) >= 11 is 1.85. The molecule has 0 amide bonds. The molecule has 1 aliphatic heterocycles. The Hall–Kier alpha value is -3.39. The van der Waals surface area contributed by atoms with Gasteiger partial charge in [-0.2, -0.15) is 0 Å². The maximum absolute atomic E-state index is 13.5. The number of hydrogen-bond acceptors (Lipinski definition) is 5. The molecule has 4 aromatic rings. The summed E-state index contributed by atoms with van der Waals surface area (Å²) in [5.74, 6) is 1.36. The van der Waals surface area contributed by atoms with Crippen LogP contribution in [0.2, 0.25) is 0 Å². The third-order valence-electron chi connectivity index (χ3n) is 5.43. The summed E-state index contributed by atoms with van der Waals surface area (Å²) in [4.78, 5) is 8.53. The molecule has 0 saturated carbocycles. The van der Waals surface area contributed by atoms with Gasteiger partial charge in [-0.15, -0.1) is 16.9 Å². The molecule has 5 nitrogen and oxygen atoms in total. The highest BCUT2D eigenvalue weighted by Crippen LogP contribution is 2.31. The van der Waals surface area contributed by atoms with Crippen LogP contribution in [0.15, 0.2) is 73.1 Å². The van der Waals surface area contributed by atoms with E-state index in [0.29, 0.717) is 17.9 Å². The number of thioether (sulfide) groups is 1. The van der Waals surface area contributed by atoms with E-state index in [9.17, 15) is 8.78 Å². The maximum Gasteiger partial charge on any atom is 0.154 e. The Bertz CT molecular complexity index is 1280. The van der Waals surface area contributed by atoms with Gasteiger partial charge in [-0.05, 0) is 42.0 Å². The molecule has 3 heterocycles. The molecule has 32 heavy (non-hydrogen) atoms. The minimum Gasteiger partial charge on any atom is -0.354 e. The van der Waals surface area contributed by atoms with E-state index in [0.717, 1.165) is 46.0 Å². The molecule has 162 valence electrons. The van der Waals surface area contributed by atoms with Crippen molar-refractivity contribution >= 4 is 28.9 Å². The number of benzene rings is 2. The van der Waals surface area contributed by atoms with Gasteiger partial charge in [0.1, 0.15) is 17.5 Å². The number of nitrogens with zero attached hydrogens (tertiary/aromatic N) is 5. The minimum atomic E-state index is -0.590. The smallest absolute Gasteiger partial charge is 0.154 e.